The first-order chi connectivity index (χ1) is 8.82. The molecule has 0 saturated heterocycles. The number of benzene rings is 1. The third kappa shape index (κ3) is 2.65. The van der Waals surface area contributed by atoms with E-state index in [0.717, 1.165) is 19.7 Å². The van der Waals surface area contributed by atoms with E-state index in [2.05, 4.69) is 48.7 Å². The molecule has 1 atom stereocenters. The number of rotatable bonds is 7. The molecule has 0 spiro atoms. The number of hydrogen-bond donors (Lipinski definition) is 1. The number of methoxy groups -OCH3 is 1. The molecule has 2 heteroatoms. The van der Waals surface area contributed by atoms with Crippen LogP contribution < -0.4 is 5.32 Å². The van der Waals surface area contributed by atoms with E-state index in [-0.39, 0.29) is 5.41 Å². The van der Waals surface area contributed by atoms with Crippen LogP contribution in [0.4, 0.5) is 0 Å². The molecule has 2 nitrogen and oxygen atoms in total. The molecule has 1 unspecified atom stereocenters. The Labute approximate surface area is 110 Å². The van der Waals surface area contributed by atoms with Crippen LogP contribution in [-0.4, -0.2) is 26.8 Å². The molecule has 0 aromatic heterocycles. The van der Waals surface area contributed by atoms with Crippen LogP contribution in [0.5, 0.6) is 0 Å². The van der Waals surface area contributed by atoms with E-state index in [1.807, 2.05) is 0 Å². The van der Waals surface area contributed by atoms with Crippen LogP contribution in [0.15, 0.2) is 30.3 Å². The maximum Gasteiger partial charge on any atom is 0.0606 e. The van der Waals surface area contributed by atoms with Crippen molar-refractivity contribution >= 4 is 6.08 Å². The van der Waals surface area contributed by atoms with Gasteiger partial charge in [0, 0.05) is 19.1 Å². The quantitative estimate of drug-likeness (QED) is 0.746. The van der Waals surface area contributed by atoms with E-state index in [1.165, 1.54) is 24.0 Å². The summed E-state index contributed by atoms with van der Waals surface area (Å²) in [6.45, 7) is 4.99. The summed E-state index contributed by atoms with van der Waals surface area (Å²) in [4.78, 5) is 0. The summed E-state index contributed by atoms with van der Waals surface area (Å²) in [7, 11) is 1.78. The highest BCUT2D eigenvalue weighted by molar-refractivity contribution is 5.65. The first kappa shape index (κ1) is 13.3. The van der Waals surface area contributed by atoms with Crippen LogP contribution in [0, 0.1) is 0 Å². The third-order valence-corrected chi connectivity index (χ3v) is 3.63. The molecule has 0 fully saturated rings. The third-order valence-electron chi connectivity index (χ3n) is 3.63. The minimum absolute atomic E-state index is 0.0130. The molecule has 1 aromatic carbocycles. The van der Waals surface area contributed by atoms with E-state index in [1.54, 1.807) is 7.11 Å². The lowest BCUT2D eigenvalue weighted by molar-refractivity contribution is 0.151. The summed E-state index contributed by atoms with van der Waals surface area (Å²) < 4.78 is 5.45. The Morgan fingerprint density at radius 3 is 2.89 bits per heavy atom. The fraction of sp³-hybridized carbons (Fsp3) is 0.500. The first-order valence-electron chi connectivity index (χ1n) is 6.81. The number of unbranched alkanes of at least 4 members (excludes halogenated alkanes) is 1. The number of ether oxygens (including phenoxy) is 1. The minimum atomic E-state index is 0.0130. The Morgan fingerprint density at radius 2 is 2.11 bits per heavy atom. The van der Waals surface area contributed by atoms with Crippen LogP contribution >= 0.6 is 0 Å². The molecule has 18 heavy (non-hydrogen) atoms. The SMILES string of the molecule is CCCCNCC1(COC)C=Cc2ccccc21. The van der Waals surface area contributed by atoms with E-state index in [4.69, 9.17) is 4.74 Å². The van der Waals surface area contributed by atoms with Gasteiger partial charge in [-0.3, -0.25) is 0 Å². The predicted molar refractivity (Wildman–Crippen MR) is 76.8 cm³/mol. The van der Waals surface area contributed by atoms with Gasteiger partial charge in [0.05, 0.1) is 6.61 Å². The fourth-order valence-corrected chi connectivity index (χ4v) is 2.64. The van der Waals surface area contributed by atoms with Crippen LogP contribution in [-0.2, 0) is 10.2 Å². The van der Waals surface area contributed by atoms with E-state index >= 15 is 0 Å². The van der Waals surface area contributed by atoms with Crippen molar-refractivity contribution in [3.63, 3.8) is 0 Å². The van der Waals surface area contributed by atoms with Crippen LogP contribution in [0.1, 0.15) is 30.9 Å². The molecule has 0 heterocycles. The number of hydrogen-bond acceptors (Lipinski definition) is 2. The Balaban J connectivity index is 2.11. The molecule has 1 N–H and O–H groups in total. The predicted octanol–water partition coefficient (Wildman–Crippen LogP) is 2.99. The van der Waals surface area contributed by atoms with Gasteiger partial charge in [-0.25, -0.2) is 0 Å². The van der Waals surface area contributed by atoms with Gasteiger partial charge < -0.3 is 10.1 Å². The van der Waals surface area contributed by atoms with E-state index in [0.29, 0.717) is 0 Å². The Kier molecular flexibility index (Phi) is 4.56. The summed E-state index contributed by atoms with van der Waals surface area (Å²) in [6, 6.07) is 8.60. The average molecular weight is 245 g/mol. The Morgan fingerprint density at radius 1 is 1.28 bits per heavy atom. The molecule has 1 aromatic rings. The van der Waals surface area contributed by atoms with Gasteiger partial charge in [-0.05, 0) is 24.1 Å². The van der Waals surface area contributed by atoms with Crippen molar-refractivity contribution in [1.29, 1.82) is 0 Å². The Bertz CT molecular complexity index is 413. The lowest BCUT2D eigenvalue weighted by atomic mass is 9.83. The van der Waals surface area contributed by atoms with Crippen LogP contribution in [0.3, 0.4) is 0 Å². The molecule has 0 radical (unpaired) electrons. The summed E-state index contributed by atoms with van der Waals surface area (Å²) in [5, 5.41) is 3.56. The topological polar surface area (TPSA) is 21.3 Å². The number of fused-ring (bicyclic) bond motifs is 1. The molecule has 2 rings (SSSR count). The van der Waals surface area contributed by atoms with Gasteiger partial charge >= 0.3 is 0 Å². The molecule has 0 saturated carbocycles. The van der Waals surface area contributed by atoms with Crippen molar-refractivity contribution in [3.8, 4) is 0 Å². The van der Waals surface area contributed by atoms with Gasteiger partial charge in [-0.15, -0.1) is 0 Å². The van der Waals surface area contributed by atoms with Gasteiger partial charge in [0.25, 0.3) is 0 Å². The van der Waals surface area contributed by atoms with Gasteiger partial charge in [-0.2, -0.15) is 0 Å². The zero-order valence-corrected chi connectivity index (χ0v) is 11.4. The maximum absolute atomic E-state index is 5.45. The normalized spacial score (nSPS) is 21.2. The largest absolute Gasteiger partial charge is 0.383 e. The molecule has 98 valence electrons. The van der Waals surface area contributed by atoms with Crippen LogP contribution in [0.25, 0.3) is 6.08 Å². The second kappa shape index (κ2) is 6.17. The molecule has 1 aliphatic rings. The maximum atomic E-state index is 5.45. The fourth-order valence-electron chi connectivity index (χ4n) is 2.64. The lowest BCUT2D eigenvalue weighted by Gasteiger charge is -2.29. The van der Waals surface area contributed by atoms with E-state index < -0.39 is 0 Å². The minimum Gasteiger partial charge on any atom is -0.383 e. The standard InChI is InChI=1S/C16H23NO/c1-3-4-11-17-12-16(13-18-2)10-9-14-7-5-6-8-15(14)16/h5-10,17H,3-4,11-13H2,1-2H3. The monoisotopic (exact) mass is 245 g/mol. The molecule has 1 aliphatic carbocycles. The summed E-state index contributed by atoms with van der Waals surface area (Å²) in [5.74, 6) is 0. The second-order valence-corrected chi connectivity index (χ2v) is 5.04. The highest BCUT2D eigenvalue weighted by Gasteiger charge is 2.34. The Hall–Kier alpha value is -1.12. The lowest BCUT2D eigenvalue weighted by Crippen LogP contribution is -2.39. The second-order valence-electron chi connectivity index (χ2n) is 5.04. The smallest absolute Gasteiger partial charge is 0.0606 e. The van der Waals surface area contributed by atoms with Gasteiger partial charge in [0.2, 0.25) is 0 Å². The highest BCUT2D eigenvalue weighted by atomic mass is 16.5. The highest BCUT2D eigenvalue weighted by Crippen LogP contribution is 2.35. The van der Waals surface area contributed by atoms with Crippen molar-refractivity contribution in [3.05, 3.63) is 41.5 Å². The van der Waals surface area contributed by atoms with E-state index in [9.17, 15) is 0 Å². The van der Waals surface area contributed by atoms with Gasteiger partial charge in [-0.1, -0.05) is 49.8 Å². The van der Waals surface area contributed by atoms with Crippen molar-refractivity contribution in [1.82, 2.24) is 5.32 Å². The van der Waals surface area contributed by atoms with Crippen molar-refractivity contribution in [2.75, 3.05) is 26.8 Å². The zero-order valence-electron chi connectivity index (χ0n) is 11.4. The zero-order chi connectivity index (χ0) is 12.8. The molecular formula is C16H23NO. The van der Waals surface area contributed by atoms with Crippen molar-refractivity contribution in [2.45, 2.75) is 25.2 Å². The molecule has 0 amide bonds. The van der Waals surface area contributed by atoms with Crippen LogP contribution in [0.2, 0.25) is 0 Å². The van der Waals surface area contributed by atoms with Crippen molar-refractivity contribution in [2.24, 2.45) is 0 Å². The first-order valence-corrected chi connectivity index (χ1v) is 6.81. The summed E-state index contributed by atoms with van der Waals surface area (Å²) >= 11 is 0. The molecular weight excluding hydrogens is 222 g/mol. The average Bonchev–Trinajstić information content (AvgIpc) is 2.75. The van der Waals surface area contributed by atoms with Gasteiger partial charge in [0.1, 0.15) is 0 Å². The number of nitrogens with one attached hydrogen (secondary N) is 1. The summed E-state index contributed by atoms with van der Waals surface area (Å²) in [6.07, 6.45) is 6.97. The summed E-state index contributed by atoms with van der Waals surface area (Å²) in [5.41, 5.74) is 2.72. The van der Waals surface area contributed by atoms with Gasteiger partial charge in [0.15, 0.2) is 0 Å². The molecule has 0 aliphatic heterocycles. The molecule has 0 bridgehead atoms. The van der Waals surface area contributed by atoms with Crippen molar-refractivity contribution < 1.29 is 4.74 Å².